The third-order valence-corrected chi connectivity index (χ3v) is 4.05. The molecule has 0 spiro atoms. The van der Waals surface area contributed by atoms with Gasteiger partial charge in [-0.05, 0) is 18.1 Å². The largest absolute Gasteiger partial charge is 0.480 e. The highest BCUT2D eigenvalue weighted by Crippen LogP contribution is 2.28. The molecule has 2 aliphatic rings. The zero-order valence-corrected chi connectivity index (χ0v) is 11.6. The number of ether oxygens (including phenoxy) is 1. The third-order valence-electron chi connectivity index (χ3n) is 4.05. The van der Waals surface area contributed by atoms with E-state index in [0.717, 1.165) is 42.3 Å². The number of carbonyl (C=O) groups is 1. The number of aromatic nitrogens is 3. The van der Waals surface area contributed by atoms with Gasteiger partial charge in [-0.3, -0.25) is 4.79 Å². The van der Waals surface area contributed by atoms with Crippen molar-refractivity contribution in [1.82, 2.24) is 20.1 Å². The maximum atomic E-state index is 12.2. The predicted molar refractivity (Wildman–Crippen MR) is 74.8 cm³/mol. The Morgan fingerprint density at radius 2 is 2.29 bits per heavy atom. The molecule has 1 amide bonds. The van der Waals surface area contributed by atoms with E-state index in [9.17, 15) is 4.79 Å². The first-order valence-corrected chi connectivity index (χ1v) is 7.24. The average Bonchev–Trinajstić information content (AvgIpc) is 3.19. The first-order valence-electron chi connectivity index (χ1n) is 7.24. The quantitative estimate of drug-likeness (QED) is 0.907. The lowest BCUT2D eigenvalue weighted by Gasteiger charge is -2.11. The van der Waals surface area contributed by atoms with Gasteiger partial charge in [0.25, 0.3) is 5.91 Å². The minimum absolute atomic E-state index is 0.0958. The Morgan fingerprint density at radius 1 is 1.38 bits per heavy atom. The Hall–Kier alpha value is -2.37. The fourth-order valence-corrected chi connectivity index (χ4v) is 2.95. The summed E-state index contributed by atoms with van der Waals surface area (Å²) in [6, 6.07) is 7.77. The van der Waals surface area contributed by atoms with E-state index in [1.807, 2.05) is 24.3 Å². The summed E-state index contributed by atoms with van der Waals surface area (Å²) >= 11 is 0. The Morgan fingerprint density at radius 3 is 3.19 bits per heavy atom. The van der Waals surface area contributed by atoms with Crippen molar-refractivity contribution < 1.29 is 9.53 Å². The van der Waals surface area contributed by atoms with Crippen LogP contribution in [0.3, 0.4) is 0 Å². The molecule has 0 radical (unpaired) electrons. The monoisotopic (exact) mass is 284 g/mol. The molecule has 2 aliphatic heterocycles. The van der Waals surface area contributed by atoms with Crippen LogP contribution < -0.4 is 10.1 Å². The predicted octanol–water partition coefficient (Wildman–Crippen LogP) is 0.844. The van der Waals surface area contributed by atoms with Crippen LogP contribution in [0.15, 0.2) is 24.3 Å². The summed E-state index contributed by atoms with van der Waals surface area (Å²) in [5.74, 6) is 2.55. The van der Waals surface area contributed by atoms with Crippen LogP contribution in [-0.4, -0.2) is 26.8 Å². The van der Waals surface area contributed by atoms with Crippen molar-refractivity contribution in [1.29, 1.82) is 0 Å². The summed E-state index contributed by atoms with van der Waals surface area (Å²) in [6.45, 7) is 1.35. The van der Waals surface area contributed by atoms with Gasteiger partial charge in [0.1, 0.15) is 11.6 Å². The maximum absolute atomic E-state index is 12.2. The fourth-order valence-electron chi connectivity index (χ4n) is 2.95. The summed E-state index contributed by atoms with van der Waals surface area (Å²) in [6.07, 6.45) is 2.26. The molecule has 0 fully saturated rings. The van der Waals surface area contributed by atoms with Crippen LogP contribution in [0.5, 0.6) is 5.75 Å². The number of nitrogens with one attached hydrogen (secondary N) is 1. The van der Waals surface area contributed by atoms with Gasteiger partial charge in [-0.15, -0.1) is 10.2 Å². The van der Waals surface area contributed by atoms with E-state index < -0.39 is 6.10 Å². The highest BCUT2D eigenvalue weighted by atomic mass is 16.5. The highest BCUT2D eigenvalue weighted by Gasteiger charge is 2.29. The number of nitrogens with zero attached hydrogens (tertiary/aromatic N) is 3. The number of benzene rings is 1. The molecular formula is C15H16N4O2. The van der Waals surface area contributed by atoms with Crippen molar-refractivity contribution in [3.05, 3.63) is 41.5 Å². The van der Waals surface area contributed by atoms with Gasteiger partial charge in [0.05, 0.1) is 6.54 Å². The molecule has 21 heavy (non-hydrogen) atoms. The van der Waals surface area contributed by atoms with Gasteiger partial charge in [-0.1, -0.05) is 18.2 Å². The van der Waals surface area contributed by atoms with Gasteiger partial charge in [0.15, 0.2) is 11.9 Å². The number of rotatable bonds is 3. The Bertz CT molecular complexity index is 670. The summed E-state index contributed by atoms with van der Waals surface area (Å²) < 4.78 is 7.76. The average molecular weight is 284 g/mol. The van der Waals surface area contributed by atoms with Gasteiger partial charge in [-0.25, -0.2) is 0 Å². The first-order chi connectivity index (χ1) is 10.3. The van der Waals surface area contributed by atoms with Crippen molar-refractivity contribution >= 4 is 5.91 Å². The van der Waals surface area contributed by atoms with Gasteiger partial charge in [-0.2, -0.15) is 0 Å². The van der Waals surface area contributed by atoms with Crippen LogP contribution >= 0.6 is 0 Å². The molecule has 0 saturated heterocycles. The minimum atomic E-state index is -0.441. The second kappa shape index (κ2) is 4.87. The van der Waals surface area contributed by atoms with Gasteiger partial charge < -0.3 is 14.6 Å². The highest BCUT2D eigenvalue weighted by molar-refractivity contribution is 5.82. The van der Waals surface area contributed by atoms with Crippen LogP contribution in [0.1, 0.15) is 23.6 Å². The van der Waals surface area contributed by atoms with Crippen molar-refractivity contribution in [3.63, 3.8) is 0 Å². The lowest BCUT2D eigenvalue weighted by atomic mass is 10.1. The number of fused-ring (bicyclic) bond motifs is 2. The van der Waals surface area contributed by atoms with Crippen LogP contribution in [0.25, 0.3) is 0 Å². The molecular weight excluding hydrogens is 268 g/mol. The fraction of sp³-hybridized carbons (Fsp3) is 0.400. The van der Waals surface area contributed by atoms with Crippen LogP contribution in [0.2, 0.25) is 0 Å². The molecule has 0 aliphatic carbocycles. The Labute approximate surface area is 122 Å². The zero-order valence-electron chi connectivity index (χ0n) is 11.6. The minimum Gasteiger partial charge on any atom is -0.480 e. The number of para-hydroxylation sites is 1. The molecule has 3 heterocycles. The lowest BCUT2D eigenvalue weighted by molar-refractivity contribution is -0.127. The summed E-state index contributed by atoms with van der Waals surface area (Å²) in [7, 11) is 0. The summed E-state index contributed by atoms with van der Waals surface area (Å²) in [5, 5.41) is 11.2. The maximum Gasteiger partial charge on any atom is 0.261 e. The third kappa shape index (κ3) is 2.16. The normalized spacial score (nSPS) is 19.0. The van der Waals surface area contributed by atoms with E-state index in [-0.39, 0.29) is 5.91 Å². The molecule has 0 saturated carbocycles. The molecule has 4 rings (SSSR count). The number of hydrogen-bond acceptors (Lipinski definition) is 4. The number of aryl methyl sites for hydroxylation is 1. The van der Waals surface area contributed by atoms with Gasteiger partial charge >= 0.3 is 0 Å². The van der Waals surface area contributed by atoms with E-state index in [0.29, 0.717) is 13.0 Å². The van der Waals surface area contributed by atoms with E-state index in [1.165, 1.54) is 0 Å². The van der Waals surface area contributed by atoms with Crippen molar-refractivity contribution in [2.75, 3.05) is 0 Å². The molecule has 108 valence electrons. The molecule has 0 bridgehead atoms. The number of hydrogen-bond donors (Lipinski definition) is 1. The summed E-state index contributed by atoms with van der Waals surface area (Å²) in [5.41, 5.74) is 1.08. The summed E-state index contributed by atoms with van der Waals surface area (Å²) in [4.78, 5) is 12.2. The van der Waals surface area contributed by atoms with Crippen LogP contribution in [0, 0.1) is 0 Å². The molecule has 1 N–H and O–H groups in total. The van der Waals surface area contributed by atoms with Crippen LogP contribution in [-0.2, 0) is 30.7 Å². The topological polar surface area (TPSA) is 69.0 Å². The molecule has 6 heteroatoms. The molecule has 1 atom stereocenters. The Balaban J connectivity index is 1.39. The van der Waals surface area contributed by atoms with E-state index >= 15 is 0 Å². The van der Waals surface area contributed by atoms with Gasteiger partial charge in [0.2, 0.25) is 0 Å². The zero-order chi connectivity index (χ0) is 14.2. The van der Waals surface area contributed by atoms with Crippen molar-refractivity contribution in [2.24, 2.45) is 0 Å². The smallest absolute Gasteiger partial charge is 0.261 e. The molecule has 1 aromatic carbocycles. The van der Waals surface area contributed by atoms with E-state index in [1.54, 1.807) is 0 Å². The van der Waals surface area contributed by atoms with Crippen molar-refractivity contribution in [2.45, 2.75) is 38.5 Å². The van der Waals surface area contributed by atoms with Gasteiger partial charge in [0, 0.05) is 19.4 Å². The molecule has 1 unspecified atom stereocenters. The Kier molecular flexibility index (Phi) is 2.87. The second-order valence-electron chi connectivity index (χ2n) is 5.42. The van der Waals surface area contributed by atoms with E-state index in [4.69, 9.17) is 4.74 Å². The first kappa shape index (κ1) is 12.4. The number of amides is 1. The molecule has 2 aromatic rings. The second-order valence-corrected chi connectivity index (χ2v) is 5.42. The molecule has 6 nitrogen and oxygen atoms in total. The van der Waals surface area contributed by atoms with Crippen molar-refractivity contribution in [3.8, 4) is 5.75 Å². The lowest BCUT2D eigenvalue weighted by Crippen LogP contribution is -2.37. The van der Waals surface area contributed by atoms with E-state index in [2.05, 4.69) is 20.1 Å². The molecule has 1 aromatic heterocycles. The SMILES string of the molecule is O=C(NCc1nnc2n1CCC2)C1Cc2ccccc2O1. The van der Waals surface area contributed by atoms with Crippen LogP contribution in [0.4, 0.5) is 0 Å². The standard InChI is InChI=1S/C15H16N4O2/c20-15(12-8-10-4-1-2-5-11(10)21-12)16-9-14-18-17-13-6-3-7-19(13)14/h1-2,4-5,12H,3,6-9H2,(H,16,20). The number of carbonyl (C=O) groups excluding carboxylic acids is 1.